The third-order valence-corrected chi connectivity index (χ3v) is 3.99. The number of urea groups is 1. The van der Waals surface area contributed by atoms with E-state index in [4.69, 9.17) is 4.74 Å². The molecular formula is C17H16N4O2S. The van der Waals surface area contributed by atoms with Crippen molar-refractivity contribution in [3.05, 3.63) is 54.1 Å². The summed E-state index contributed by atoms with van der Waals surface area (Å²) in [6.45, 7) is 1.90. The first-order chi connectivity index (χ1) is 11.7. The van der Waals surface area contributed by atoms with Crippen LogP contribution in [0.15, 0.2) is 48.5 Å². The van der Waals surface area contributed by atoms with Crippen LogP contribution < -0.4 is 15.4 Å². The summed E-state index contributed by atoms with van der Waals surface area (Å²) in [5.74, 6) is 1.34. The van der Waals surface area contributed by atoms with Gasteiger partial charge in [0.25, 0.3) is 0 Å². The highest BCUT2D eigenvalue weighted by Crippen LogP contribution is 2.23. The molecule has 0 bridgehead atoms. The van der Waals surface area contributed by atoms with Gasteiger partial charge in [-0.1, -0.05) is 30.3 Å². The number of nitrogens with one attached hydrogen (secondary N) is 2. The zero-order chi connectivity index (χ0) is 16.9. The molecular weight excluding hydrogens is 324 g/mol. The normalized spacial score (nSPS) is 10.2. The molecule has 0 saturated heterocycles. The van der Waals surface area contributed by atoms with Crippen LogP contribution in [0.5, 0.6) is 5.75 Å². The number of carbonyl (C=O) groups excluding carboxylic acids is 1. The first-order valence-electron chi connectivity index (χ1n) is 7.27. The molecule has 2 N–H and O–H groups in total. The molecule has 3 aromatic rings. The number of methoxy groups -OCH3 is 1. The fourth-order valence-corrected chi connectivity index (χ4v) is 2.72. The van der Waals surface area contributed by atoms with Crippen LogP contribution in [-0.4, -0.2) is 22.5 Å². The number of benzene rings is 2. The van der Waals surface area contributed by atoms with Gasteiger partial charge in [-0.25, -0.2) is 4.79 Å². The van der Waals surface area contributed by atoms with Gasteiger partial charge >= 0.3 is 6.03 Å². The summed E-state index contributed by atoms with van der Waals surface area (Å²) in [6, 6.07) is 14.7. The molecule has 2 aromatic carbocycles. The second kappa shape index (κ2) is 7.10. The number of aryl methyl sites for hydroxylation is 1. The van der Waals surface area contributed by atoms with Crippen LogP contribution in [0.3, 0.4) is 0 Å². The number of anilines is 2. The largest absolute Gasteiger partial charge is 0.497 e. The molecule has 0 unspecified atom stereocenters. The second-order valence-corrected chi connectivity index (χ2v) is 5.80. The minimum Gasteiger partial charge on any atom is -0.497 e. The van der Waals surface area contributed by atoms with Crippen molar-refractivity contribution in [2.45, 2.75) is 6.92 Å². The highest BCUT2D eigenvalue weighted by Gasteiger charge is 2.10. The van der Waals surface area contributed by atoms with Crippen molar-refractivity contribution in [2.24, 2.45) is 0 Å². The second-order valence-electron chi connectivity index (χ2n) is 5.05. The van der Waals surface area contributed by atoms with Crippen LogP contribution in [0, 0.1) is 6.92 Å². The molecule has 0 atom stereocenters. The van der Waals surface area contributed by atoms with Crippen LogP contribution in [-0.2, 0) is 0 Å². The molecule has 6 nitrogen and oxygen atoms in total. The first-order valence-corrected chi connectivity index (χ1v) is 8.05. The zero-order valence-corrected chi connectivity index (χ0v) is 14.1. The molecule has 0 aliphatic rings. The lowest BCUT2D eigenvalue weighted by molar-refractivity contribution is 0.262. The maximum Gasteiger partial charge on any atom is 0.325 e. The number of hydrogen-bond donors (Lipinski definition) is 2. The quantitative estimate of drug-likeness (QED) is 0.747. The van der Waals surface area contributed by atoms with E-state index in [2.05, 4.69) is 20.0 Å². The Hall–Kier alpha value is -2.93. The summed E-state index contributed by atoms with van der Waals surface area (Å²) in [4.78, 5) is 16.4. The number of rotatable bonds is 4. The summed E-state index contributed by atoms with van der Waals surface area (Å²) < 4.78 is 9.41. The van der Waals surface area contributed by atoms with E-state index in [1.54, 1.807) is 19.2 Å². The number of hydrogen-bond acceptors (Lipinski definition) is 5. The van der Waals surface area contributed by atoms with Gasteiger partial charge < -0.3 is 10.1 Å². The average Bonchev–Trinajstić information content (AvgIpc) is 3.06. The Balaban J connectivity index is 1.66. The molecule has 0 radical (unpaired) electrons. The highest BCUT2D eigenvalue weighted by molar-refractivity contribution is 7.10. The van der Waals surface area contributed by atoms with Gasteiger partial charge in [0.2, 0.25) is 5.13 Å². The molecule has 0 aliphatic heterocycles. The average molecular weight is 340 g/mol. The van der Waals surface area contributed by atoms with E-state index < -0.39 is 0 Å². The van der Waals surface area contributed by atoms with E-state index in [0.29, 0.717) is 16.6 Å². The third-order valence-electron chi connectivity index (χ3n) is 3.36. The number of ether oxygens (including phenoxy) is 1. The van der Waals surface area contributed by atoms with Crippen molar-refractivity contribution < 1.29 is 9.53 Å². The van der Waals surface area contributed by atoms with E-state index in [9.17, 15) is 4.79 Å². The fourth-order valence-electron chi connectivity index (χ4n) is 2.13. The number of aromatic nitrogens is 2. The topological polar surface area (TPSA) is 76.1 Å². The summed E-state index contributed by atoms with van der Waals surface area (Å²) >= 11 is 1.14. The maximum atomic E-state index is 12.1. The monoisotopic (exact) mass is 340 g/mol. The Labute approximate surface area is 143 Å². The van der Waals surface area contributed by atoms with Gasteiger partial charge in [0, 0.05) is 22.8 Å². The Morgan fingerprint density at radius 2 is 1.92 bits per heavy atom. The summed E-state index contributed by atoms with van der Waals surface area (Å²) in [5.41, 5.74) is 2.53. The number of carbonyl (C=O) groups is 1. The van der Waals surface area contributed by atoms with Gasteiger partial charge in [-0.2, -0.15) is 9.36 Å². The Morgan fingerprint density at radius 3 is 2.62 bits per heavy atom. The fraction of sp³-hybridized carbons (Fsp3) is 0.118. The third kappa shape index (κ3) is 3.69. The van der Waals surface area contributed by atoms with E-state index in [0.717, 1.165) is 28.4 Å². The lowest BCUT2D eigenvalue weighted by Gasteiger charge is -2.09. The Kier molecular flexibility index (Phi) is 4.72. The first kappa shape index (κ1) is 15.9. The molecule has 0 spiro atoms. The number of amides is 2. The summed E-state index contributed by atoms with van der Waals surface area (Å²) in [7, 11) is 1.61. The molecule has 1 aromatic heterocycles. The summed E-state index contributed by atoms with van der Waals surface area (Å²) in [6.07, 6.45) is 0. The molecule has 0 aliphatic carbocycles. The summed E-state index contributed by atoms with van der Waals surface area (Å²) in [5, 5.41) is 5.93. The molecule has 3 rings (SSSR count). The molecule has 122 valence electrons. The van der Waals surface area contributed by atoms with Crippen LogP contribution in [0.25, 0.3) is 11.4 Å². The SMILES string of the molecule is COc1ccc(NC(=O)Nc2nc(-c3ccccc3)ns2)c(C)c1. The van der Waals surface area contributed by atoms with Crippen molar-refractivity contribution in [3.63, 3.8) is 0 Å². The van der Waals surface area contributed by atoms with E-state index in [1.807, 2.05) is 43.3 Å². The predicted octanol–water partition coefficient (Wildman–Crippen LogP) is 4.17. The van der Waals surface area contributed by atoms with Gasteiger partial charge in [0.1, 0.15) is 5.75 Å². The molecule has 0 saturated carbocycles. The van der Waals surface area contributed by atoms with Gasteiger partial charge in [-0.15, -0.1) is 0 Å². The lowest BCUT2D eigenvalue weighted by Crippen LogP contribution is -2.19. The van der Waals surface area contributed by atoms with Gasteiger partial charge in [0.15, 0.2) is 5.82 Å². The van der Waals surface area contributed by atoms with E-state index in [1.165, 1.54) is 0 Å². The van der Waals surface area contributed by atoms with Crippen LogP contribution in [0.4, 0.5) is 15.6 Å². The highest BCUT2D eigenvalue weighted by atomic mass is 32.1. The standard InChI is InChI=1S/C17H16N4O2S/c1-11-10-13(23-2)8-9-14(11)18-16(22)20-17-19-15(21-24-17)12-6-4-3-5-7-12/h3-10H,1-2H3,(H2,18,19,20,21,22). The molecule has 1 heterocycles. The minimum absolute atomic E-state index is 0.362. The lowest BCUT2D eigenvalue weighted by atomic mass is 10.2. The van der Waals surface area contributed by atoms with Crippen molar-refractivity contribution in [3.8, 4) is 17.1 Å². The van der Waals surface area contributed by atoms with Crippen LogP contribution in [0.1, 0.15) is 5.56 Å². The zero-order valence-electron chi connectivity index (χ0n) is 13.2. The van der Waals surface area contributed by atoms with Gasteiger partial charge in [0.05, 0.1) is 7.11 Å². The molecule has 2 amide bonds. The van der Waals surface area contributed by atoms with Crippen molar-refractivity contribution in [2.75, 3.05) is 17.7 Å². The number of nitrogens with zero attached hydrogens (tertiary/aromatic N) is 2. The Bertz CT molecular complexity index is 849. The minimum atomic E-state index is -0.362. The molecule has 0 fully saturated rings. The van der Waals surface area contributed by atoms with Gasteiger partial charge in [-0.05, 0) is 30.7 Å². The van der Waals surface area contributed by atoms with E-state index >= 15 is 0 Å². The molecule has 24 heavy (non-hydrogen) atoms. The van der Waals surface area contributed by atoms with Crippen molar-refractivity contribution in [1.29, 1.82) is 0 Å². The van der Waals surface area contributed by atoms with Crippen molar-refractivity contribution >= 4 is 28.4 Å². The van der Waals surface area contributed by atoms with Crippen LogP contribution in [0.2, 0.25) is 0 Å². The van der Waals surface area contributed by atoms with Crippen LogP contribution >= 0.6 is 11.5 Å². The molecule has 7 heteroatoms. The van der Waals surface area contributed by atoms with Gasteiger partial charge in [-0.3, -0.25) is 5.32 Å². The predicted molar refractivity (Wildman–Crippen MR) is 95.7 cm³/mol. The smallest absolute Gasteiger partial charge is 0.325 e. The Morgan fingerprint density at radius 1 is 1.12 bits per heavy atom. The maximum absolute atomic E-state index is 12.1. The van der Waals surface area contributed by atoms with E-state index in [-0.39, 0.29) is 6.03 Å². The van der Waals surface area contributed by atoms with Crippen molar-refractivity contribution in [1.82, 2.24) is 9.36 Å².